The number of hydrogen-bond donors (Lipinski definition) is 2. The maximum atomic E-state index is 12.0. The van der Waals surface area contributed by atoms with E-state index in [0.717, 1.165) is 5.56 Å². The summed E-state index contributed by atoms with van der Waals surface area (Å²) in [4.78, 5) is 0.157. The third-order valence-corrected chi connectivity index (χ3v) is 4.18. The van der Waals surface area contributed by atoms with E-state index in [1.165, 1.54) is 6.20 Å². The van der Waals surface area contributed by atoms with Gasteiger partial charge in [-0.05, 0) is 24.6 Å². The maximum absolute atomic E-state index is 12.0. The van der Waals surface area contributed by atoms with Crippen molar-refractivity contribution in [2.45, 2.75) is 18.4 Å². The van der Waals surface area contributed by atoms with Crippen LogP contribution in [0.25, 0.3) is 0 Å². The molecule has 2 N–H and O–H groups in total. The molecule has 0 bridgehead atoms. The number of nitrogens with one attached hydrogen (secondary N) is 2. The molecule has 0 fully saturated rings. The second-order valence-electron chi connectivity index (χ2n) is 3.81. The van der Waals surface area contributed by atoms with Crippen molar-refractivity contribution in [3.05, 3.63) is 46.7 Å². The summed E-state index contributed by atoms with van der Waals surface area (Å²) in [5.74, 6) is 0. The SMILES string of the molecule is Cc1[nH]ncc1S(=O)(=O)NCc1cccc(Cl)c1. The van der Waals surface area contributed by atoms with Crippen LogP contribution in [0.5, 0.6) is 0 Å². The number of aromatic nitrogens is 2. The third kappa shape index (κ3) is 2.90. The van der Waals surface area contributed by atoms with Gasteiger partial charge in [0.25, 0.3) is 0 Å². The van der Waals surface area contributed by atoms with Gasteiger partial charge in [-0.25, -0.2) is 13.1 Å². The van der Waals surface area contributed by atoms with Crippen molar-refractivity contribution in [3.8, 4) is 0 Å². The maximum Gasteiger partial charge on any atom is 0.244 e. The van der Waals surface area contributed by atoms with E-state index >= 15 is 0 Å². The van der Waals surface area contributed by atoms with Crippen molar-refractivity contribution in [2.24, 2.45) is 0 Å². The molecule has 0 saturated heterocycles. The number of sulfonamides is 1. The Balaban J connectivity index is 2.13. The van der Waals surface area contributed by atoms with Crippen LogP contribution >= 0.6 is 11.6 Å². The van der Waals surface area contributed by atoms with E-state index in [0.29, 0.717) is 10.7 Å². The molecule has 0 saturated carbocycles. The molecule has 7 heteroatoms. The summed E-state index contributed by atoms with van der Waals surface area (Å²) in [7, 11) is -3.55. The highest BCUT2D eigenvalue weighted by Crippen LogP contribution is 2.13. The summed E-state index contributed by atoms with van der Waals surface area (Å²) in [6.45, 7) is 1.84. The van der Waals surface area contributed by atoms with Gasteiger partial charge >= 0.3 is 0 Å². The molecule has 96 valence electrons. The van der Waals surface area contributed by atoms with Crippen LogP contribution in [0.1, 0.15) is 11.3 Å². The molecular formula is C11H12ClN3O2S. The van der Waals surface area contributed by atoms with Crippen molar-refractivity contribution in [1.82, 2.24) is 14.9 Å². The monoisotopic (exact) mass is 285 g/mol. The van der Waals surface area contributed by atoms with Crippen LogP contribution in [0.2, 0.25) is 5.02 Å². The molecule has 18 heavy (non-hydrogen) atoms. The van der Waals surface area contributed by atoms with Crippen LogP contribution in [0.4, 0.5) is 0 Å². The lowest BCUT2D eigenvalue weighted by Crippen LogP contribution is -2.23. The molecule has 5 nitrogen and oxygen atoms in total. The van der Waals surface area contributed by atoms with Gasteiger partial charge in [-0.15, -0.1) is 0 Å². The number of rotatable bonds is 4. The van der Waals surface area contributed by atoms with Gasteiger partial charge < -0.3 is 0 Å². The first-order valence-corrected chi connectivity index (χ1v) is 7.09. The van der Waals surface area contributed by atoms with Crippen LogP contribution < -0.4 is 4.72 Å². The van der Waals surface area contributed by atoms with E-state index in [1.807, 2.05) is 0 Å². The van der Waals surface area contributed by atoms with Gasteiger partial charge in [-0.2, -0.15) is 5.10 Å². The fourth-order valence-electron chi connectivity index (χ4n) is 1.51. The second kappa shape index (κ2) is 5.09. The topological polar surface area (TPSA) is 74.8 Å². The lowest BCUT2D eigenvalue weighted by Gasteiger charge is -2.06. The molecule has 2 aromatic rings. The van der Waals surface area contributed by atoms with Crippen LogP contribution in [-0.2, 0) is 16.6 Å². The molecule has 0 spiro atoms. The molecule has 0 aliphatic carbocycles. The minimum atomic E-state index is -3.55. The quantitative estimate of drug-likeness (QED) is 0.900. The molecule has 0 unspecified atom stereocenters. The van der Waals surface area contributed by atoms with Crippen molar-refractivity contribution in [2.75, 3.05) is 0 Å². The molecule has 0 aliphatic rings. The average molecular weight is 286 g/mol. The fraction of sp³-hybridized carbons (Fsp3) is 0.182. The largest absolute Gasteiger partial charge is 0.281 e. The van der Waals surface area contributed by atoms with Gasteiger partial charge in [0.05, 0.1) is 11.9 Å². The zero-order valence-electron chi connectivity index (χ0n) is 9.64. The van der Waals surface area contributed by atoms with E-state index in [-0.39, 0.29) is 11.4 Å². The Bertz CT molecular complexity index is 652. The number of aryl methyl sites for hydroxylation is 1. The first-order valence-electron chi connectivity index (χ1n) is 5.23. The van der Waals surface area contributed by atoms with Crippen LogP contribution in [0, 0.1) is 6.92 Å². The third-order valence-electron chi connectivity index (χ3n) is 2.43. The highest BCUT2D eigenvalue weighted by molar-refractivity contribution is 7.89. The number of benzene rings is 1. The zero-order chi connectivity index (χ0) is 13.2. The Morgan fingerprint density at radius 1 is 1.44 bits per heavy atom. The van der Waals surface area contributed by atoms with E-state index in [1.54, 1.807) is 31.2 Å². The summed E-state index contributed by atoms with van der Waals surface area (Å²) in [5.41, 5.74) is 1.31. The second-order valence-corrected chi connectivity index (χ2v) is 5.99. The van der Waals surface area contributed by atoms with Gasteiger partial charge in [0.2, 0.25) is 10.0 Å². The molecule has 1 aromatic carbocycles. The van der Waals surface area contributed by atoms with Crippen LogP contribution in [-0.4, -0.2) is 18.6 Å². The normalized spacial score (nSPS) is 11.7. The van der Waals surface area contributed by atoms with Crippen molar-refractivity contribution < 1.29 is 8.42 Å². The summed E-state index contributed by atoms with van der Waals surface area (Å²) in [6.07, 6.45) is 1.29. The molecule has 0 amide bonds. The van der Waals surface area contributed by atoms with Crippen molar-refractivity contribution in [1.29, 1.82) is 0 Å². The highest BCUT2D eigenvalue weighted by Gasteiger charge is 2.17. The van der Waals surface area contributed by atoms with E-state index in [2.05, 4.69) is 14.9 Å². The Morgan fingerprint density at radius 2 is 2.22 bits per heavy atom. The Hall–Kier alpha value is -1.37. The van der Waals surface area contributed by atoms with E-state index in [4.69, 9.17) is 11.6 Å². The Labute approximate surface area is 110 Å². The average Bonchev–Trinajstić information content (AvgIpc) is 2.74. The lowest BCUT2D eigenvalue weighted by molar-refractivity contribution is 0.581. The molecule has 1 heterocycles. The van der Waals surface area contributed by atoms with Crippen LogP contribution in [0.15, 0.2) is 35.4 Å². The molecule has 0 aliphatic heterocycles. The number of halogens is 1. The summed E-state index contributed by atoms with van der Waals surface area (Å²) in [6, 6.07) is 7.03. The van der Waals surface area contributed by atoms with Gasteiger partial charge in [0.1, 0.15) is 4.90 Å². The van der Waals surface area contributed by atoms with E-state index < -0.39 is 10.0 Å². The number of nitrogens with zero attached hydrogens (tertiary/aromatic N) is 1. The molecule has 1 aromatic heterocycles. The minimum Gasteiger partial charge on any atom is -0.281 e. The van der Waals surface area contributed by atoms with Crippen molar-refractivity contribution in [3.63, 3.8) is 0 Å². The summed E-state index contributed by atoms with van der Waals surface area (Å²) < 4.78 is 26.4. The predicted molar refractivity (Wildman–Crippen MR) is 68.8 cm³/mol. The summed E-state index contributed by atoms with van der Waals surface area (Å²) >= 11 is 5.83. The zero-order valence-corrected chi connectivity index (χ0v) is 11.2. The van der Waals surface area contributed by atoms with Crippen molar-refractivity contribution >= 4 is 21.6 Å². The molecule has 0 radical (unpaired) electrons. The smallest absolute Gasteiger partial charge is 0.244 e. The van der Waals surface area contributed by atoms with Gasteiger partial charge in [0.15, 0.2) is 0 Å². The molecular weight excluding hydrogens is 274 g/mol. The van der Waals surface area contributed by atoms with Gasteiger partial charge in [-0.1, -0.05) is 23.7 Å². The van der Waals surface area contributed by atoms with Crippen LogP contribution in [0.3, 0.4) is 0 Å². The van der Waals surface area contributed by atoms with E-state index in [9.17, 15) is 8.42 Å². The lowest BCUT2D eigenvalue weighted by atomic mass is 10.2. The minimum absolute atomic E-state index is 0.157. The standard InChI is InChI=1S/C11H12ClN3O2S/c1-8-11(7-13-15-8)18(16,17)14-6-9-3-2-4-10(12)5-9/h2-5,7,14H,6H2,1H3,(H,13,15). The first-order chi connectivity index (χ1) is 8.49. The Kier molecular flexibility index (Phi) is 3.70. The summed E-state index contributed by atoms with van der Waals surface area (Å²) in [5, 5.41) is 6.86. The first kappa shape index (κ1) is 13.1. The fourth-order valence-corrected chi connectivity index (χ4v) is 2.88. The van der Waals surface area contributed by atoms with Gasteiger partial charge in [-0.3, -0.25) is 5.10 Å². The van der Waals surface area contributed by atoms with Gasteiger partial charge in [0, 0.05) is 11.6 Å². The number of aromatic amines is 1. The predicted octanol–water partition coefficient (Wildman–Crippen LogP) is 1.85. The number of H-pyrrole nitrogens is 1. The molecule has 2 rings (SSSR count). The Morgan fingerprint density at radius 3 is 2.83 bits per heavy atom. The highest BCUT2D eigenvalue weighted by atomic mass is 35.5. The molecule has 0 atom stereocenters. The number of hydrogen-bond acceptors (Lipinski definition) is 3.